The molecule has 178 valence electrons. The lowest BCUT2D eigenvalue weighted by atomic mass is 9.87. The van der Waals surface area contributed by atoms with E-state index >= 15 is 4.39 Å². The number of allylic oxidation sites excluding steroid dienone is 1. The molecule has 0 aliphatic carbocycles. The smallest absolute Gasteiger partial charge is 0.329 e. The molecule has 34 heavy (non-hydrogen) atoms. The molecule has 2 aromatic carbocycles. The lowest BCUT2D eigenvalue weighted by molar-refractivity contribution is -0.123. The number of nitrogens with zero attached hydrogens (tertiary/aromatic N) is 2. The van der Waals surface area contributed by atoms with Gasteiger partial charge in [-0.2, -0.15) is 0 Å². The van der Waals surface area contributed by atoms with Gasteiger partial charge in [-0.05, 0) is 68.7 Å². The summed E-state index contributed by atoms with van der Waals surface area (Å²) in [6, 6.07) is 7.51. The first-order valence-electron chi connectivity index (χ1n) is 11.1. The summed E-state index contributed by atoms with van der Waals surface area (Å²) in [6.45, 7) is 9.08. The lowest BCUT2D eigenvalue weighted by Crippen LogP contribution is -2.45. The van der Waals surface area contributed by atoms with Crippen LogP contribution in [0.1, 0.15) is 50.8 Å². The molecular formula is C26H26Cl2FN3O2. The van der Waals surface area contributed by atoms with Gasteiger partial charge >= 0.3 is 6.03 Å². The van der Waals surface area contributed by atoms with Gasteiger partial charge in [-0.1, -0.05) is 42.3 Å². The molecule has 5 nitrogen and oxygen atoms in total. The minimum absolute atomic E-state index is 0.0112. The van der Waals surface area contributed by atoms with Crippen LogP contribution in [0.4, 0.5) is 14.9 Å². The molecule has 1 fully saturated rings. The van der Waals surface area contributed by atoms with Crippen molar-refractivity contribution in [3.05, 3.63) is 74.7 Å². The summed E-state index contributed by atoms with van der Waals surface area (Å²) < 4.78 is 15.2. The highest BCUT2D eigenvalue weighted by Gasteiger charge is 2.35. The molecule has 0 bridgehead atoms. The fourth-order valence-corrected chi connectivity index (χ4v) is 5.02. The Morgan fingerprint density at radius 1 is 1.15 bits per heavy atom. The van der Waals surface area contributed by atoms with Crippen LogP contribution in [0.25, 0.3) is 11.6 Å². The van der Waals surface area contributed by atoms with Crippen LogP contribution in [-0.2, 0) is 11.3 Å². The molecule has 0 saturated carbocycles. The number of urea groups is 1. The van der Waals surface area contributed by atoms with Crippen molar-refractivity contribution in [1.29, 1.82) is 0 Å². The van der Waals surface area contributed by atoms with Gasteiger partial charge in [0.25, 0.3) is 5.91 Å². The van der Waals surface area contributed by atoms with Gasteiger partial charge in [-0.15, -0.1) is 0 Å². The van der Waals surface area contributed by atoms with E-state index in [0.717, 1.165) is 34.7 Å². The van der Waals surface area contributed by atoms with E-state index in [1.165, 1.54) is 12.1 Å². The van der Waals surface area contributed by atoms with Crippen LogP contribution < -0.4 is 10.2 Å². The molecule has 2 heterocycles. The summed E-state index contributed by atoms with van der Waals surface area (Å²) in [5.41, 5.74) is 3.35. The third kappa shape index (κ3) is 4.44. The first-order valence-corrected chi connectivity index (χ1v) is 11.9. The van der Waals surface area contributed by atoms with Crippen molar-refractivity contribution in [3.8, 4) is 0 Å². The van der Waals surface area contributed by atoms with Gasteiger partial charge in [0.05, 0.1) is 12.1 Å². The Balaban J connectivity index is 1.66. The van der Waals surface area contributed by atoms with Crippen molar-refractivity contribution < 1.29 is 14.0 Å². The summed E-state index contributed by atoms with van der Waals surface area (Å²) in [6.07, 6.45) is 4.48. The number of benzene rings is 2. The molecule has 8 heteroatoms. The van der Waals surface area contributed by atoms with Crippen LogP contribution in [0.3, 0.4) is 0 Å². The normalized spacial score (nSPS) is 18.3. The third-order valence-corrected chi connectivity index (χ3v) is 6.74. The number of carbonyl (C=O) groups excluding carboxylic acids is 2. The number of hydrogen-bond acceptors (Lipinski definition) is 3. The maximum Gasteiger partial charge on any atom is 0.329 e. The van der Waals surface area contributed by atoms with Crippen molar-refractivity contribution >= 4 is 52.5 Å². The zero-order chi connectivity index (χ0) is 24.8. The number of fused-ring (bicyclic) bond motifs is 1. The lowest BCUT2D eigenvalue weighted by Gasteiger charge is -2.43. The van der Waals surface area contributed by atoms with Crippen molar-refractivity contribution in [2.24, 2.45) is 0 Å². The Bertz CT molecular complexity index is 1250. The van der Waals surface area contributed by atoms with Gasteiger partial charge in [0.2, 0.25) is 0 Å². The third-order valence-electron chi connectivity index (χ3n) is 6.15. The minimum atomic E-state index is -0.590. The standard InChI is InChI=1S/C26H26Cl2FN3O2/c1-5-8-32-23-12-21(29)17(9-19(23)15(2)13-26(32,3)4)10-22-24(33)31(25(34)30-22)14-16-6-7-18(27)11-20(16)28/h6-7,9-13H,5,8,14H2,1-4H3,(H,30,34)/b22-10+. The number of nitrogens with one attached hydrogen (secondary N) is 1. The topological polar surface area (TPSA) is 52.7 Å². The molecule has 0 aromatic heterocycles. The number of hydrogen-bond donors (Lipinski definition) is 1. The number of halogens is 3. The fraction of sp³-hybridized carbons (Fsp3) is 0.308. The molecule has 1 saturated heterocycles. The van der Waals surface area contributed by atoms with Crippen molar-refractivity contribution in [1.82, 2.24) is 10.2 Å². The molecule has 0 atom stereocenters. The van der Waals surface area contributed by atoms with Crippen molar-refractivity contribution in [3.63, 3.8) is 0 Å². The second-order valence-corrected chi connectivity index (χ2v) is 9.98. The van der Waals surface area contributed by atoms with Gasteiger partial charge in [0, 0.05) is 33.4 Å². The number of anilines is 1. The van der Waals surface area contributed by atoms with Gasteiger partial charge < -0.3 is 10.2 Å². The summed E-state index contributed by atoms with van der Waals surface area (Å²) in [7, 11) is 0. The van der Waals surface area contributed by atoms with E-state index in [2.05, 4.69) is 37.1 Å². The van der Waals surface area contributed by atoms with E-state index < -0.39 is 17.8 Å². The van der Waals surface area contributed by atoms with Crippen LogP contribution >= 0.6 is 23.2 Å². The van der Waals surface area contributed by atoms with Crippen molar-refractivity contribution in [2.75, 3.05) is 11.4 Å². The van der Waals surface area contributed by atoms with E-state index in [4.69, 9.17) is 23.2 Å². The van der Waals surface area contributed by atoms with E-state index in [1.807, 2.05) is 6.92 Å². The van der Waals surface area contributed by atoms with E-state index in [-0.39, 0.29) is 23.3 Å². The van der Waals surface area contributed by atoms with E-state index in [1.54, 1.807) is 24.3 Å². The van der Waals surface area contributed by atoms with Gasteiger partial charge in [0.1, 0.15) is 11.5 Å². The van der Waals surface area contributed by atoms with Crippen LogP contribution in [0.5, 0.6) is 0 Å². The molecule has 0 unspecified atom stereocenters. The average molecular weight is 502 g/mol. The highest BCUT2D eigenvalue weighted by Crippen LogP contribution is 2.40. The first-order chi connectivity index (χ1) is 16.0. The molecule has 1 N–H and O–H groups in total. The van der Waals surface area contributed by atoms with Gasteiger partial charge in [0.15, 0.2) is 0 Å². The second kappa shape index (κ2) is 9.08. The molecule has 0 radical (unpaired) electrons. The second-order valence-electron chi connectivity index (χ2n) is 9.14. The van der Waals surface area contributed by atoms with Crippen LogP contribution in [0.15, 0.2) is 42.1 Å². The molecule has 4 rings (SSSR count). The number of imide groups is 1. The molecule has 3 amide bonds. The van der Waals surface area contributed by atoms with Crippen molar-refractivity contribution in [2.45, 2.75) is 46.2 Å². The Morgan fingerprint density at radius 2 is 1.88 bits per heavy atom. The average Bonchev–Trinajstić information content (AvgIpc) is 3.01. The zero-order valence-corrected chi connectivity index (χ0v) is 21.0. The Morgan fingerprint density at radius 3 is 2.56 bits per heavy atom. The predicted molar refractivity (Wildman–Crippen MR) is 135 cm³/mol. The number of amides is 3. The quantitative estimate of drug-likeness (QED) is 0.369. The first kappa shape index (κ1) is 24.3. The Labute approximate surface area is 208 Å². The molecule has 2 aromatic rings. The largest absolute Gasteiger partial charge is 0.362 e. The molecule has 2 aliphatic heterocycles. The Hall–Kier alpha value is -2.83. The zero-order valence-electron chi connectivity index (χ0n) is 19.5. The van der Waals surface area contributed by atoms with Crippen LogP contribution in [0.2, 0.25) is 10.0 Å². The summed E-state index contributed by atoms with van der Waals surface area (Å²) >= 11 is 12.1. The van der Waals surface area contributed by atoms with Crippen LogP contribution in [0, 0.1) is 5.82 Å². The fourth-order valence-electron chi connectivity index (χ4n) is 4.55. The SMILES string of the molecule is CCCN1c2cc(F)c(/C=C3/NC(=O)N(Cc4ccc(Cl)cc4Cl)C3=O)cc2C(C)=CC1(C)C. The molecule has 2 aliphatic rings. The Kier molecular flexibility index (Phi) is 6.49. The maximum absolute atomic E-state index is 15.2. The predicted octanol–water partition coefficient (Wildman–Crippen LogP) is 6.64. The highest BCUT2D eigenvalue weighted by atomic mass is 35.5. The minimum Gasteiger partial charge on any atom is -0.362 e. The van der Waals surface area contributed by atoms with Gasteiger partial charge in [-0.3, -0.25) is 9.69 Å². The van der Waals surface area contributed by atoms with E-state index in [0.29, 0.717) is 15.6 Å². The monoisotopic (exact) mass is 501 g/mol. The molecular weight excluding hydrogens is 476 g/mol. The summed E-state index contributed by atoms with van der Waals surface area (Å²) in [5.74, 6) is -1.01. The summed E-state index contributed by atoms with van der Waals surface area (Å²) in [4.78, 5) is 28.7. The van der Waals surface area contributed by atoms with Crippen LogP contribution in [-0.4, -0.2) is 28.9 Å². The maximum atomic E-state index is 15.2. The van der Waals surface area contributed by atoms with E-state index in [9.17, 15) is 9.59 Å². The van der Waals surface area contributed by atoms with Gasteiger partial charge in [-0.25, -0.2) is 9.18 Å². The molecule has 0 spiro atoms. The number of rotatable bonds is 5. The highest BCUT2D eigenvalue weighted by molar-refractivity contribution is 6.35. The summed E-state index contributed by atoms with van der Waals surface area (Å²) in [5, 5.41) is 3.36. The number of carbonyl (C=O) groups is 2.